The summed E-state index contributed by atoms with van der Waals surface area (Å²) in [5, 5.41) is 3.08. The molecular weight excluding hydrogens is 545 g/mol. The highest BCUT2D eigenvalue weighted by Crippen LogP contribution is 2.26. The zero-order chi connectivity index (χ0) is 29.4. The molecule has 0 heterocycles. The Bertz CT molecular complexity index is 1410. The van der Waals surface area contributed by atoms with Crippen molar-refractivity contribution in [3.05, 3.63) is 90.2 Å². The van der Waals surface area contributed by atoms with Gasteiger partial charge in [0.1, 0.15) is 24.2 Å². The topological polar surface area (TPSA) is 96.0 Å². The molecule has 0 aliphatic heterocycles. The number of carbonyl (C=O) groups excluding carboxylic acids is 2. The first-order chi connectivity index (χ1) is 19.7. The van der Waals surface area contributed by atoms with E-state index >= 15 is 0 Å². The van der Waals surface area contributed by atoms with Crippen LogP contribution in [-0.2, 0) is 26.2 Å². The lowest BCUT2D eigenvalue weighted by Gasteiger charge is -2.33. The van der Waals surface area contributed by atoms with Crippen LogP contribution >= 0.6 is 0 Å². The maximum Gasteiger partial charge on any atom is 0.264 e. The van der Waals surface area contributed by atoms with Crippen LogP contribution in [0, 0.1) is 5.82 Å². The molecule has 41 heavy (non-hydrogen) atoms. The van der Waals surface area contributed by atoms with Gasteiger partial charge in [0.05, 0.1) is 17.7 Å². The standard InChI is InChI=1S/C31H36FN3O5S/c1-23(31(37)33-26-11-7-4-8-12-26)34(21-24-9-5-3-6-10-24)30(36)22-35(27-15-13-25(32)14-16-27)41(38,39)29-19-17-28(40-2)18-20-29/h3,5-6,9-10,13-20,23,26H,4,7-8,11-12,21-22H2,1-2H3,(H,33,37)/t23-/m1/s1. The number of halogens is 1. The Morgan fingerprint density at radius 1 is 0.951 bits per heavy atom. The van der Waals surface area contributed by atoms with Crippen LogP contribution in [0.2, 0.25) is 0 Å². The van der Waals surface area contributed by atoms with Gasteiger partial charge in [0.25, 0.3) is 10.0 Å². The van der Waals surface area contributed by atoms with Crippen molar-refractivity contribution in [3.63, 3.8) is 0 Å². The van der Waals surface area contributed by atoms with Gasteiger partial charge in [-0.15, -0.1) is 0 Å². The molecule has 4 rings (SSSR count). The van der Waals surface area contributed by atoms with Gasteiger partial charge < -0.3 is 15.0 Å². The Balaban J connectivity index is 1.65. The Kier molecular flexibility index (Phi) is 9.99. The highest BCUT2D eigenvalue weighted by atomic mass is 32.2. The van der Waals surface area contributed by atoms with E-state index in [1.54, 1.807) is 6.92 Å². The normalized spacial score (nSPS) is 14.6. The number of nitrogens with one attached hydrogen (secondary N) is 1. The summed E-state index contributed by atoms with van der Waals surface area (Å²) in [5.41, 5.74) is 0.916. The number of rotatable bonds is 11. The molecule has 0 radical (unpaired) electrons. The van der Waals surface area contributed by atoms with Crippen molar-refractivity contribution in [1.29, 1.82) is 0 Å². The van der Waals surface area contributed by atoms with E-state index in [1.807, 2.05) is 30.3 Å². The second-order valence-electron chi connectivity index (χ2n) is 10.2. The van der Waals surface area contributed by atoms with Crippen molar-refractivity contribution in [2.24, 2.45) is 0 Å². The Morgan fingerprint density at radius 3 is 2.20 bits per heavy atom. The van der Waals surface area contributed by atoms with Gasteiger partial charge in [0.2, 0.25) is 11.8 Å². The molecule has 1 atom stereocenters. The summed E-state index contributed by atoms with van der Waals surface area (Å²) in [6.07, 6.45) is 5.01. The second-order valence-corrected chi connectivity index (χ2v) is 12.1. The third-order valence-corrected chi connectivity index (χ3v) is 9.14. The fraction of sp³-hybridized carbons (Fsp3) is 0.355. The molecule has 1 aliphatic rings. The predicted molar refractivity (Wildman–Crippen MR) is 155 cm³/mol. The smallest absolute Gasteiger partial charge is 0.264 e. The quantitative estimate of drug-likeness (QED) is 0.348. The van der Waals surface area contributed by atoms with Crippen molar-refractivity contribution >= 4 is 27.5 Å². The van der Waals surface area contributed by atoms with Crippen LogP contribution in [-0.4, -0.2) is 50.9 Å². The van der Waals surface area contributed by atoms with Crippen molar-refractivity contribution in [2.45, 2.75) is 62.6 Å². The monoisotopic (exact) mass is 581 g/mol. The maximum absolute atomic E-state index is 14.0. The molecular formula is C31H36FN3O5S. The van der Waals surface area contributed by atoms with Gasteiger partial charge in [-0.25, -0.2) is 12.8 Å². The minimum Gasteiger partial charge on any atom is -0.497 e. The summed E-state index contributed by atoms with van der Waals surface area (Å²) in [7, 11) is -2.78. The van der Waals surface area contributed by atoms with Crippen LogP contribution in [0.4, 0.5) is 10.1 Å². The summed E-state index contributed by atoms with van der Waals surface area (Å²) in [6, 6.07) is 19.1. The Hall–Kier alpha value is -3.92. The number of methoxy groups -OCH3 is 1. The molecule has 3 aromatic rings. The average Bonchev–Trinajstić information content (AvgIpc) is 2.99. The van der Waals surface area contributed by atoms with Gasteiger partial charge in [0, 0.05) is 12.6 Å². The zero-order valence-electron chi connectivity index (χ0n) is 23.3. The number of benzene rings is 3. The first kappa shape index (κ1) is 30.0. The summed E-state index contributed by atoms with van der Waals surface area (Å²) in [4.78, 5) is 28.6. The first-order valence-electron chi connectivity index (χ1n) is 13.7. The molecule has 1 saturated carbocycles. The van der Waals surface area contributed by atoms with E-state index in [9.17, 15) is 22.4 Å². The molecule has 1 aliphatic carbocycles. The summed E-state index contributed by atoms with van der Waals surface area (Å²) < 4.78 is 47.5. The van der Waals surface area contributed by atoms with Crippen LogP contribution in [0.5, 0.6) is 5.75 Å². The molecule has 0 unspecified atom stereocenters. The van der Waals surface area contributed by atoms with Gasteiger partial charge in [-0.3, -0.25) is 13.9 Å². The van der Waals surface area contributed by atoms with Crippen LogP contribution in [0.25, 0.3) is 0 Å². The molecule has 218 valence electrons. The molecule has 1 N–H and O–H groups in total. The molecule has 8 nitrogen and oxygen atoms in total. The van der Waals surface area contributed by atoms with E-state index in [1.165, 1.54) is 48.4 Å². The second kappa shape index (κ2) is 13.6. The van der Waals surface area contributed by atoms with E-state index in [0.717, 1.165) is 54.1 Å². The zero-order valence-corrected chi connectivity index (χ0v) is 24.1. The predicted octanol–water partition coefficient (Wildman–Crippen LogP) is 4.90. The fourth-order valence-electron chi connectivity index (χ4n) is 4.94. The van der Waals surface area contributed by atoms with Crippen LogP contribution < -0.4 is 14.4 Å². The lowest BCUT2D eigenvalue weighted by molar-refractivity contribution is -0.139. The van der Waals surface area contributed by atoms with Crippen molar-refractivity contribution < 1.29 is 27.1 Å². The van der Waals surface area contributed by atoms with E-state index < -0.39 is 34.3 Å². The number of anilines is 1. The molecule has 10 heteroatoms. The first-order valence-corrected chi connectivity index (χ1v) is 15.2. The molecule has 0 saturated heterocycles. The van der Waals surface area contributed by atoms with Crippen LogP contribution in [0.3, 0.4) is 0 Å². The average molecular weight is 582 g/mol. The van der Waals surface area contributed by atoms with Crippen molar-refractivity contribution in [3.8, 4) is 5.75 Å². The van der Waals surface area contributed by atoms with Gasteiger partial charge in [-0.05, 0) is 73.9 Å². The van der Waals surface area contributed by atoms with Crippen molar-refractivity contribution in [2.75, 3.05) is 18.0 Å². The number of amides is 2. The Labute approximate surface area is 241 Å². The summed E-state index contributed by atoms with van der Waals surface area (Å²) in [5.74, 6) is -0.921. The SMILES string of the molecule is COc1ccc(S(=O)(=O)N(CC(=O)N(Cc2ccccc2)[C@H](C)C(=O)NC2CCCCC2)c2ccc(F)cc2)cc1. The molecule has 0 spiro atoms. The summed E-state index contributed by atoms with van der Waals surface area (Å²) >= 11 is 0. The third kappa shape index (κ3) is 7.64. The van der Waals surface area contributed by atoms with Crippen LogP contribution in [0.1, 0.15) is 44.6 Å². The third-order valence-electron chi connectivity index (χ3n) is 7.36. The van der Waals surface area contributed by atoms with Gasteiger partial charge in [-0.2, -0.15) is 0 Å². The maximum atomic E-state index is 14.0. The van der Waals surface area contributed by atoms with E-state index in [2.05, 4.69) is 5.32 Å². The Morgan fingerprint density at radius 2 is 1.59 bits per heavy atom. The summed E-state index contributed by atoms with van der Waals surface area (Å²) in [6.45, 7) is 1.17. The fourth-order valence-corrected chi connectivity index (χ4v) is 6.36. The van der Waals surface area contributed by atoms with E-state index in [4.69, 9.17) is 4.74 Å². The minimum atomic E-state index is -4.25. The number of sulfonamides is 1. The number of carbonyl (C=O) groups is 2. The molecule has 2 amide bonds. The number of hydrogen-bond donors (Lipinski definition) is 1. The number of nitrogens with zero attached hydrogens (tertiary/aromatic N) is 2. The van der Waals surface area contributed by atoms with Gasteiger partial charge in [-0.1, -0.05) is 49.6 Å². The number of hydrogen-bond acceptors (Lipinski definition) is 5. The molecule has 1 fully saturated rings. The lowest BCUT2D eigenvalue weighted by Crippen LogP contribution is -2.53. The van der Waals surface area contributed by atoms with Gasteiger partial charge in [0.15, 0.2) is 0 Å². The minimum absolute atomic E-state index is 0.0542. The molecule has 0 bridgehead atoms. The van der Waals surface area contributed by atoms with E-state index in [0.29, 0.717) is 5.75 Å². The van der Waals surface area contributed by atoms with Gasteiger partial charge >= 0.3 is 0 Å². The van der Waals surface area contributed by atoms with E-state index in [-0.39, 0.29) is 29.1 Å². The highest BCUT2D eigenvalue weighted by Gasteiger charge is 2.33. The van der Waals surface area contributed by atoms with Crippen LogP contribution in [0.15, 0.2) is 83.8 Å². The lowest BCUT2D eigenvalue weighted by atomic mass is 9.95. The molecule has 3 aromatic carbocycles. The molecule has 0 aromatic heterocycles. The number of ether oxygens (including phenoxy) is 1. The van der Waals surface area contributed by atoms with Crippen molar-refractivity contribution in [1.82, 2.24) is 10.2 Å². The largest absolute Gasteiger partial charge is 0.497 e. The highest BCUT2D eigenvalue weighted by molar-refractivity contribution is 7.92.